The van der Waals surface area contributed by atoms with Gasteiger partial charge >= 0.3 is 15.6 Å². The lowest BCUT2D eigenvalue weighted by Gasteiger charge is -2.02. The number of alkyl halides is 3. The lowest BCUT2D eigenvalue weighted by molar-refractivity contribution is -0.0540. The summed E-state index contributed by atoms with van der Waals surface area (Å²) in [7, 11) is -5.56. The first-order valence-electron chi connectivity index (χ1n) is 2.29. The summed E-state index contributed by atoms with van der Waals surface area (Å²) in [6.45, 7) is 1.21. The number of hydrogen-bond acceptors (Lipinski definition) is 4. The van der Waals surface area contributed by atoms with Gasteiger partial charge in [0.05, 0.1) is 0 Å². The second-order valence-electron chi connectivity index (χ2n) is 1.34. The van der Waals surface area contributed by atoms with Gasteiger partial charge in [-0.2, -0.15) is 21.6 Å². The highest BCUT2D eigenvalue weighted by Crippen LogP contribution is 2.24. The molecule has 0 aromatic rings. The van der Waals surface area contributed by atoms with Gasteiger partial charge in [0.15, 0.2) is 0 Å². The average Bonchev–Trinajstić information content (AvgIpc) is 1.81. The monoisotopic (exact) mass is 191 g/mol. The van der Waals surface area contributed by atoms with Gasteiger partial charge in [0.2, 0.25) is 0 Å². The van der Waals surface area contributed by atoms with E-state index in [4.69, 9.17) is 0 Å². The molecule has 0 atom stereocenters. The van der Waals surface area contributed by atoms with Crippen LogP contribution in [0, 0.1) is 0 Å². The van der Waals surface area contributed by atoms with Gasteiger partial charge in [0.1, 0.15) is 0 Å². The largest absolute Gasteiger partial charge is 0.536 e. The number of rotatable bonds is 2. The van der Waals surface area contributed by atoms with E-state index in [2.05, 4.69) is 9.44 Å². The second kappa shape index (κ2) is 3.07. The van der Waals surface area contributed by atoms with Crippen molar-refractivity contribution in [2.75, 3.05) is 0 Å². The van der Waals surface area contributed by atoms with E-state index in [0.29, 0.717) is 0 Å². The molecule has 0 saturated carbocycles. The Balaban J connectivity index is 4.50. The molecule has 0 spiro atoms. The van der Waals surface area contributed by atoms with E-state index in [9.17, 15) is 21.6 Å². The first-order valence-corrected chi connectivity index (χ1v) is 3.70. The Labute approximate surface area is 60.8 Å². The van der Waals surface area contributed by atoms with Crippen LogP contribution in [0.5, 0.6) is 0 Å². The Morgan fingerprint density at radius 3 is 2.18 bits per heavy atom. The van der Waals surface area contributed by atoms with Gasteiger partial charge in [0, 0.05) is 6.21 Å². The molecule has 4 nitrogen and oxygen atoms in total. The van der Waals surface area contributed by atoms with Gasteiger partial charge in [-0.05, 0) is 6.92 Å². The van der Waals surface area contributed by atoms with Gasteiger partial charge in [-0.1, -0.05) is 5.16 Å². The van der Waals surface area contributed by atoms with E-state index in [0.717, 1.165) is 6.21 Å². The summed E-state index contributed by atoms with van der Waals surface area (Å²) in [4.78, 5) is 0. The highest BCUT2D eigenvalue weighted by molar-refractivity contribution is 7.87. The van der Waals surface area contributed by atoms with Crippen LogP contribution in [0.1, 0.15) is 6.92 Å². The van der Waals surface area contributed by atoms with E-state index >= 15 is 0 Å². The van der Waals surface area contributed by atoms with Crippen molar-refractivity contribution in [1.29, 1.82) is 0 Å². The zero-order valence-electron chi connectivity index (χ0n) is 5.29. The molecular weight excluding hydrogens is 187 g/mol. The van der Waals surface area contributed by atoms with Crippen LogP contribution < -0.4 is 0 Å². The number of halogens is 3. The molecule has 0 N–H and O–H groups in total. The van der Waals surface area contributed by atoms with Crippen LogP contribution >= 0.6 is 0 Å². The molecule has 0 aromatic heterocycles. The molecule has 66 valence electrons. The fourth-order valence-electron chi connectivity index (χ4n) is 0.142. The summed E-state index contributed by atoms with van der Waals surface area (Å²) in [5.74, 6) is 0. The molecule has 0 aromatic carbocycles. The molecule has 0 unspecified atom stereocenters. The standard InChI is InChI=1S/C3H4F3NO3S/c1-2-7-10-11(8,9)3(4,5)6/h2H,1H3. The maximum atomic E-state index is 11.4. The molecule has 0 heterocycles. The van der Waals surface area contributed by atoms with Crippen LogP contribution in [-0.4, -0.2) is 20.1 Å². The van der Waals surface area contributed by atoms with Crippen LogP contribution in [0.3, 0.4) is 0 Å². The van der Waals surface area contributed by atoms with Crippen molar-refractivity contribution in [2.24, 2.45) is 5.16 Å². The van der Waals surface area contributed by atoms with Crippen LogP contribution in [0.25, 0.3) is 0 Å². The topological polar surface area (TPSA) is 55.7 Å². The first-order chi connectivity index (χ1) is 4.81. The quantitative estimate of drug-likeness (QED) is 0.369. The average molecular weight is 191 g/mol. The van der Waals surface area contributed by atoms with Gasteiger partial charge in [-0.15, -0.1) is 0 Å². The molecule has 0 fully saturated rings. The Morgan fingerprint density at radius 2 is 1.91 bits per heavy atom. The number of oxime groups is 1. The molecule has 0 aliphatic heterocycles. The molecule has 0 amide bonds. The number of hydrogen-bond donors (Lipinski definition) is 0. The molecule has 0 saturated heterocycles. The minimum Gasteiger partial charge on any atom is -0.262 e. The molecular formula is C3H4F3NO3S. The smallest absolute Gasteiger partial charge is 0.262 e. The third-order valence-electron chi connectivity index (χ3n) is 0.530. The Hall–Kier alpha value is -0.790. The van der Waals surface area contributed by atoms with Crippen molar-refractivity contribution < 1.29 is 25.9 Å². The van der Waals surface area contributed by atoms with Crippen LogP contribution in [0.2, 0.25) is 0 Å². The molecule has 0 rings (SSSR count). The summed E-state index contributed by atoms with van der Waals surface area (Å²) in [6.07, 6.45) is 0.781. The second-order valence-corrected chi connectivity index (χ2v) is 2.86. The van der Waals surface area contributed by atoms with E-state index in [1.54, 1.807) is 0 Å². The third-order valence-corrected chi connectivity index (χ3v) is 1.38. The summed E-state index contributed by atoms with van der Waals surface area (Å²) < 4.78 is 57.2. The predicted octanol–water partition coefficient (Wildman–Crippen LogP) is 0.858. The van der Waals surface area contributed by atoms with Crippen LogP contribution in [0.4, 0.5) is 13.2 Å². The molecule has 11 heavy (non-hydrogen) atoms. The van der Waals surface area contributed by atoms with Crippen molar-refractivity contribution >= 4 is 16.3 Å². The maximum absolute atomic E-state index is 11.4. The molecule has 0 aliphatic carbocycles. The van der Waals surface area contributed by atoms with E-state index in [-0.39, 0.29) is 0 Å². The third kappa shape index (κ3) is 2.74. The Bertz CT molecular complexity index is 241. The summed E-state index contributed by atoms with van der Waals surface area (Å²) >= 11 is 0. The molecule has 8 heteroatoms. The van der Waals surface area contributed by atoms with Gasteiger partial charge in [-0.25, -0.2) is 0 Å². The van der Waals surface area contributed by atoms with Gasteiger partial charge in [0.25, 0.3) is 0 Å². The fraction of sp³-hybridized carbons (Fsp3) is 0.667. The highest BCUT2D eigenvalue weighted by atomic mass is 32.2. The predicted molar refractivity (Wildman–Crippen MR) is 30.2 cm³/mol. The van der Waals surface area contributed by atoms with Crippen LogP contribution in [0.15, 0.2) is 5.16 Å². The van der Waals surface area contributed by atoms with E-state index in [1.807, 2.05) is 0 Å². The van der Waals surface area contributed by atoms with E-state index in [1.165, 1.54) is 6.92 Å². The van der Waals surface area contributed by atoms with Crippen molar-refractivity contribution in [1.82, 2.24) is 0 Å². The normalized spacial score (nSPS) is 13.8. The summed E-state index contributed by atoms with van der Waals surface area (Å²) in [6, 6.07) is 0. The minimum absolute atomic E-state index is 0.781. The molecule has 0 aliphatic rings. The summed E-state index contributed by atoms with van der Waals surface area (Å²) in [5, 5.41) is 2.48. The maximum Gasteiger partial charge on any atom is 0.536 e. The van der Waals surface area contributed by atoms with Gasteiger partial charge < -0.3 is 0 Å². The minimum atomic E-state index is -5.56. The number of nitrogens with zero attached hydrogens (tertiary/aromatic N) is 1. The Morgan fingerprint density at radius 1 is 1.45 bits per heavy atom. The van der Waals surface area contributed by atoms with Gasteiger partial charge in [-0.3, -0.25) is 4.28 Å². The highest BCUT2D eigenvalue weighted by Gasteiger charge is 2.48. The molecule has 0 radical (unpaired) electrons. The van der Waals surface area contributed by atoms with Crippen molar-refractivity contribution in [3.63, 3.8) is 0 Å². The lowest BCUT2D eigenvalue weighted by atomic mass is 10.9. The summed E-state index contributed by atoms with van der Waals surface area (Å²) in [5.41, 5.74) is -5.42. The van der Waals surface area contributed by atoms with E-state index < -0.39 is 15.6 Å². The first kappa shape index (κ1) is 10.2. The van der Waals surface area contributed by atoms with Crippen molar-refractivity contribution in [2.45, 2.75) is 12.4 Å². The zero-order valence-corrected chi connectivity index (χ0v) is 6.11. The van der Waals surface area contributed by atoms with Crippen LogP contribution in [-0.2, 0) is 14.4 Å². The molecule has 0 bridgehead atoms. The fourth-order valence-corrected chi connectivity index (χ4v) is 0.426. The SMILES string of the molecule is CC=NOS(=O)(=O)C(F)(F)F. The van der Waals surface area contributed by atoms with Crippen molar-refractivity contribution in [3.8, 4) is 0 Å². The van der Waals surface area contributed by atoms with Crippen molar-refractivity contribution in [3.05, 3.63) is 0 Å². The lowest BCUT2D eigenvalue weighted by Crippen LogP contribution is -2.23. The zero-order chi connectivity index (χ0) is 9.12. The Kier molecular flexibility index (Phi) is 2.85.